The zero-order chi connectivity index (χ0) is 13.8. The molecule has 100 valence electrons. The van der Waals surface area contributed by atoms with Gasteiger partial charge in [0.1, 0.15) is 0 Å². The van der Waals surface area contributed by atoms with Crippen molar-refractivity contribution in [2.24, 2.45) is 0 Å². The van der Waals surface area contributed by atoms with Crippen LogP contribution in [0.1, 0.15) is 29.5 Å². The van der Waals surface area contributed by atoms with Crippen molar-refractivity contribution in [3.05, 3.63) is 53.3 Å². The lowest BCUT2D eigenvalue weighted by atomic mass is 9.92. The molecular formula is C15H18N2O2. The van der Waals surface area contributed by atoms with Crippen LogP contribution in [-0.2, 0) is 17.8 Å². The van der Waals surface area contributed by atoms with E-state index in [1.54, 1.807) is 6.20 Å². The number of nitrogens with zero attached hydrogens (tertiary/aromatic N) is 2. The molecule has 1 atom stereocenters. The molecule has 19 heavy (non-hydrogen) atoms. The van der Waals surface area contributed by atoms with E-state index in [-0.39, 0.29) is 0 Å². The second kappa shape index (κ2) is 5.69. The zero-order valence-corrected chi connectivity index (χ0v) is 11.2. The second-order valence-electron chi connectivity index (χ2n) is 4.71. The van der Waals surface area contributed by atoms with Crippen molar-refractivity contribution in [1.29, 1.82) is 0 Å². The van der Waals surface area contributed by atoms with E-state index in [1.165, 1.54) is 0 Å². The predicted molar refractivity (Wildman–Crippen MR) is 73.2 cm³/mol. The Bertz CT molecular complexity index is 575. The molecule has 0 saturated carbocycles. The van der Waals surface area contributed by atoms with Crippen LogP contribution in [-0.4, -0.2) is 20.9 Å². The number of aryl methyl sites for hydroxylation is 2. The molecule has 1 heterocycles. The molecule has 4 nitrogen and oxygen atoms in total. The molecule has 2 rings (SSSR count). The minimum atomic E-state index is -0.796. The average molecular weight is 258 g/mol. The third-order valence-corrected chi connectivity index (χ3v) is 3.19. The highest BCUT2D eigenvalue weighted by Gasteiger charge is 2.21. The van der Waals surface area contributed by atoms with Crippen molar-refractivity contribution in [3.63, 3.8) is 0 Å². The topological polar surface area (TPSA) is 55.1 Å². The van der Waals surface area contributed by atoms with Gasteiger partial charge in [0, 0.05) is 12.7 Å². The molecule has 1 unspecified atom stereocenters. The van der Waals surface area contributed by atoms with Crippen molar-refractivity contribution in [2.75, 3.05) is 0 Å². The molecule has 1 aromatic carbocycles. The van der Waals surface area contributed by atoms with Gasteiger partial charge in [0.05, 0.1) is 12.1 Å². The molecule has 2 aromatic rings. The first kappa shape index (κ1) is 13.3. The first-order valence-corrected chi connectivity index (χ1v) is 6.41. The molecule has 0 spiro atoms. The number of aliphatic carboxylic acids is 1. The molecule has 1 aromatic heterocycles. The van der Waals surface area contributed by atoms with Crippen LogP contribution in [0.5, 0.6) is 0 Å². The quantitative estimate of drug-likeness (QED) is 0.897. The Balaban J connectivity index is 2.23. The van der Waals surface area contributed by atoms with Crippen molar-refractivity contribution in [3.8, 4) is 0 Å². The highest BCUT2D eigenvalue weighted by Crippen LogP contribution is 2.22. The van der Waals surface area contributed by atoms with E-state index in [2.05, 4.69) is 5.10 Å². The maximum Gasteiger partial charge on any atom is 0.311 e. The number of carboxylic acids is 1. The number of hydrogen-bond acceptors (Lipinski definition) is 2. The maximum absolute atomic E-state index is 11.5. The largest absolute Gasteiger partial charge is 0.481 e. The summed E-state index contributed by atoms with van der Waals surface area (Å²) in [5.74, 6) is -1.32. The lowest BCUT2D eigenvalue weighted by Crippen LogP contribution is -2.14. The highest BCUT2D eigenvalue weighted by atomic mass is 16.4. The van der Waals surface area contributed by atoms with Crippen LogP contribution in [0.4, 0.5) is 0 Å². The summed E-state index contributed by atoms with van der Waals surface area (Å²) < 4.78 is 1.81. The SMILES string of the molecule is CCn1cc(CC(C(=O)O)c2cccc(C)c2)cn1. The number of carbonyl (C=O) groups is 1. The Labute approximate surface area is 112 Å². The Kier molecular flexibility index (Phi) is 4.00. The summed E-state index contributed by atoms with van der Waals surface area (Å²) in [5, 5.41) is 13.6. The number of carboxylic acid groups (broad SMARTS) is 1. The molecule has 0 aliphatic rings. The van der Waals surface area contributed by atoms with Crippen LogP contribution in [0.3, 0.4) is 0 Å². The van der Waals surface area contributed by atoms with E-state index in [1.807, 2.05) is 49.0 Å². The molecular weight excluding hydrogens is 240 g/mol. The lowest BCUT2D eigenvalue weighted by molar-refractivity contribution is -0.138. The summed E-state index contributed by atoms with van der Waals surface area (Å²) in [7, 11) is 0. The fourth-order valence-corrected chi connectivity index (χ4v) is 2.16. The van der Waals surface area contributed by atoms with Crippen LogP contribution < -0.4 is 0 Å². The van der Waals surface area contributed by atoms with Crippen LogP contribution in [0.25, 0.3) is 0 Å². The van der Waals surface area contributed by atoms with Gasteiger partial charge >= 0.3 is 5.97 Å². The first-order valence-electron chi connectivity index (χ1n) is 6.41. The minimum Gasteiger partial charge on any atom is -0.481 e. The molecule has 0 aliphatic carbocycles. The van der Waals surface area contributed by atoms with Gasteiger partial charge in [0.25, 0.3) is 0 Å². The molecule has 0 saturated heterocycles. The van der Waals surface area contributed by atoms with Gasteiger partial charge in [0.2, 0.25) is 0 Å². The third kappa shape index (κ3) is 3.22. The maximum atomic E-state index is 11.5. The van der Waals surface area contributed by atoms with Gasteiger partial charge in [-0.3, -0.25) is 9.48 Å². The Morgan fingerprint density at radius 1 is 1.47 bits per heavy atom. The number of aromatic nitrogens is 2. The lowest BCUT2D eigenvalue weighted by Gasteiger charge is -2.12. The van der Waals surface area contributed by atoms with E-state index < -0.39 is 11.9 Å². The van der Waals surface area contributed by atoms with Crippen molar-refractivity contribution >= 4 is 5.97 Å². The first-order chi connectivity index (χ1) is 9.10. The third-order valence-electron chi connectivity index (χ3n) is 3.19. The molecule has 0 aliphatic heterocycles. The minimum absolute atomic E-state index is 0.471. The Morgan fingerprint density at radius 2 is 2.26 bits per heavy atom. The van der Waals surface area contributed by atoms with Gasteiger partial charge in [-0.15, -0.1) is 0 Å². The summed E-state index contributed by atoms with van der Waals surface area (Å²) in [6.07, 6.45) is 4.12. The number of benzene rings is 1. The fourth-order valence-electron chi connectivity index (χ4n) is 2.16. The number of hydrogen-bond donors (Lipinski definition) is 1. The van der Waals surface area contributed by atoms with Crippen LogP contribution in [0, 0.1) is 6.92 Å². The highest BCUT2D eigenvalue weighted by molar-refractivity contribution is 5.76. The van der Waals surface area contributed by atoms with E-state index >= 15 is 0 Å². The van der Waals surface area contributed by atoms with Gasteiger partial charge in [0.15, 0.2) is 0 Å². The van der Waals surface area contributed by atoms with E-state index in [0.29, 0.717) is 6.42 Å². The van der Waals surface area contributed by atoms with Crippen molar-refractivity contribution in [1.82, 2.24) is 9.78 Å². The monoisotopic (exact) mass is 258 g/mol. The fraction of sp³-hybridized carbons (Fsp3) is 0.333. The van der Waals surface area contributed by atoms with E-state index in [9.17, 15) is 9.90 Å². The van der Waals surface area contributed by atoms with E-state index in [0.717, 1.165) is 23.2 Å². The number of rotatable bonds is 5. The van der Waals surface area contributed by atoms with E-state index in [4.69, 9.17) is 0 Å². The second-order valence-corrected chi connectivity index (χ2v) is 4.71. The normalized spacial score (nSPS) is 12.3. The molecule has 0 fully saturated rings. The molecule has 1 N–H and O–H groups in total. The van der Waals surface area contributed by atoms with Gasteiger partial charge in [-0.05, 0) is 31.4 Å². The summed E-state index contributed by atoms with van der Waals surface area (Å²) in [6, 6.07) is 7.67. The summed E-state index contributed by atoms with van der Waals surface area (Å²) in [5.41, 5.74) is 2.88. The zero-order valence-electron chi connectivity index (χ0n) is 11.2. The average Bonchev–Trinajstić information content (AvgIpc) is 2.83. The molecule has 0 radical (unpaired) electrons. The Hall–Kier alpha value is -2.10. The smallest absolute Gasteiger partial charge is 0.311 e. The van der Waals surface area contributed by atoms with Crippen molar-refractivity contribution < 1.29 is 9.90 Å². The van der Waals surface area contributed by atoms with Crippen LogP contribution in [0.15, 0.2) is 36.7 Å². The summed E-state index contributed by atoms with van der Waals surface area (Å²) >= 11 is 0. The van der Waals surface area contributed by atoms with Crippen molar-refractivity contribution in [2.45, 2.75) is 32.7 Å². The van der Waals surface area contributed by atoms with Gasteiger partial charge < -0.3 is 5.11 Å². The predicted octanol–water partition coefficient (Wildman–Crippen LogP) is 2.62. The summed E-state index contributed by atoms with van der Waals surface area (Å²) in [4.78, 5) is 11.5. The molecule has 0 bridgehead atoms. The molecule has 4 heteroatoms. The summed E-state index contributed by atoms with van der Waals surface area (Å²) in [6.45, 7) is 4.77. The van der Waals surface area contributed by atoms with Crippen LogP contribution in [0.2, 0.25) is 0 Å². The van der Waals surface area contributed by atoms with Gasteiger partial charge in [-0.2, -0.15) is 5.10 Å². The standard InChI is InChI=1S/C15H18N2O2/c1-3-17-10-12(9-16-17)8-14(15(18)19)13-6-4-5-11(2)7-13/h4-7,9-10,14H,3,8H2,1-2H3,(H,18,19). The van der Waals surface area contributed by atoms with Gasteiger partial charge in [-0.1, -0.05) is 29.8 Å². The van der Waals surface area contributed by atoms with Gasteiger partial charge in [-0.25, -0.2) is 0 Å². The van der Waals surface area contributed by atoms with Crippen LogP contribution >= 0.6 is 0 Å². The Morgan fingerprint density at radius 3 is 2.84 bits per heavy atom. The molecule has 0 amide bonds.